The Labute approximate surface area is 128 Å². The van der Waals surface area contributed by atoms with Crippen LogP contribution >= 0.6 is 11.6 Å². The van der Waals surface area contributed by atoms with Crippen LogP contribution in [0.25, 0.3) is 22.0 Å². The fourth-order valence-electron chi connectivity index (χ4n) is 3.16. The molecule has 0 bridgehead atoms. The molecule has 3 heteroatoms. The van der Waals surface area contributed by atoms with Crippen molar-refractivity contribution in [1.82, 2.24) is 10.2 Å². The van der Waals surface area contributed by atoms with E-state index in [1.54, 1.807) is 0 Å². The average Bonchev–Trinajstić information content (AvgIpc) is 2.55. The summed E-state index contributed by atoms with van der Waals surface area (Å²) in [5.41, 5.74) is 4.86. The van der Waals surface area contributed by atoms with E-state index < -0.39 is 0 Å². The van der Waals surface area contributed by atoms with E-state index in [9.17, 15) is 0 Å². The third-order valence-corrected chi connectivity index (χ3v) is 4.52. The van der Waals surface area contributed by atoms with Crippen molar-refractivity contribution in [3.8, 4) is 11.3 Å². The highest BCUT2D eigenvalue weighted by atomic mass is 35.5. The summed E-state index contributed by atoms with van der Waals surface area (Å²) in [7, 11) is 0. The molecule has 0 amide bonds. The van der Waals surface area contributed by atoms with Gasteiger partial charge in [-0.2, -0.15) is 0 Å². The van der Waals surface area contributed by atoms with Crippen LogP contribution in [-0.2, 0) is 12.8 Å². The largest absolute Gasteiger partial charge is 0.159 e. The molecule has 0 spiro atoms. The van der Waals surface area contributed by atoms with Gasteiger partial charge in [0.25, 0.3) is 0 Å². The Kier molecular flexibility index (Phi) is 3.12. The first-order valence-electron chi connectivity index (χ1n) is 7.36. The Morgan fingerprint density at radius 3 is 2.19 bits per heavy atom. The van der Waals surface area contributed by atoms with Gasteiger partial charge < -0.3 is 0 Å². The second-order valence-electron chi connectivity index (χ2n) is 5.58. The number of benzene rings is 2. The number of hydrogen-bond donors (Lipinski definition) is 0. The quantitative estimate of drug-likeness (QED) is 0.642. The van der Waals surface area contributed by atoms with Gasteiger partial charge in [0.05, 0.1) is 0 Å². The monoisotopic (exact) mass is 294 g/mol. The summed E-state index contributed by atoms with van der Waals surface area (Å²) in [6.45, 7) is 0. The van der Waals surface area contributed by atoms with Crippen LogP contribution in [0.2, 0.25) is 5.15 Å². The van der Waals surface area contributed by atoms with E-state index in [2.05, 4.69) is 34.5 Å². The molecule has 4 rings (SSSR count). The van der Waals surface area contributed by atoms with E-state index in [1.807, 2.05) is 18.2 Å². The Morgan fingerprint density at radius 1 is 0.810 bits per heavy atom. The van der Waals surface area contributed by atoms with E-state index in [-0.39, 0.29) is 0 Å². The molecule has 2 aromatic carbocycles. The lowest BCUT2D eigenvalue weighted by atomic mass is 9.89. The Hall–Kier alpha value is -1.93. The minimum atomic E-state index is 0.498. The molecule has 1 heterocycles. The highest BCUT2D eigenvalue weighted by molar-refractivity contribution is 6.34. The minimum absolute atomic E-state index is 0.498. The number of aromatic nitrogens is 2. The smallest absolute Gasteiger partial charge is 0.148 e. The summed E-state index contributed by atoms with van der Waals surface area (Å²) in [5, 5.41) is 11.1. The van der Waals surface area contributed by atoms with Gasteiger partial charge in [0.2, 0.25) is 0 Å². The third kappa shape index (κ3) is 2.20. The van der Waals surface area contributed by atoms with Crippen molar-refractivity contribution in [2.75, 3.05) is 0 Å². The maximum Gasteiger partial charge on any atom is 0.159 e. The summed E-state index contributed by atoms with van der Waals surface area (Å²) in [5.74, 6) is 0. The molecule has 104 valence electrons. The minimum Gasteiger partial charge on any atom is -0.148 e. The van der Waals surface area contributed by atoms with Crippen molar-refractivity contribution < 1.29 is 0 Å². The molecule has 21 heavy (non-hydrogen) atoms. The first-order valence-corrected chi connectivity index (χ1v) is 7.74. The van der Waals surface area contributed by atoms with Gasteiger partial charge >= 0.3 is 0 Å². The second kappa shape index (κ2) is 5.12. The SMILES string of the molecule is Clc1nnc(-c2ccccc2)c2cc3c(cc12)CCCC3. The molecule has 2 nitrogen and oxygen atoms in total. The Morgan fingerprint density at radius 2 is 1.48 bits per heavy atom. The molecule has 0 aliphatic heterocycles. The maximum atomic E-state index is 6.29. The molecule has 0 fully saturated rings. The Bertz CT molecular complexity index is 812. The topological polar surface area (TPSA) is 25.8 Å². The van der Waals surface area contributed by atoms with Crippen LogP contribution in [-0.4, -0.2) is 10.2 Å². The third-order valence-electron chi connectivity index (χ3n) is 4.24. The number of halogens is 1. The lowest BCUT2D eigenvalue weighted by Crippen LogP contribution is -2.03. The standard InChI is InChI=1S/C18H15ClN2/c19-18-16-11-14-9-5-4-8-13(14)10-15(16)17(20-21-18)12-6-2-1-3-7-12/h1-3,6-7,10-11H,4-5,8-9H2. The number of aryl methyl sites for hydroxylation is 2. The molecule has 1 aliphatic rings. The highest BCUT2D eigenvalue weighted by Crippen LogP contribution is 2.34. The van der Waals surface area contributed by atoms with Gasteiger partial charge in [0.1, 0.15) is 5.69 Å². The van der Waals surface area contributed by atoms with E-state index in [0.29, 0.717) is 5.15 Å². The average molecular weight is 295 g/mol. The molecule has 0 unspecified atom stereocenters. The van der Waals surface area contributed by atoms with Crippen LogP contribution in [0.4, 0.5) is 0 Å². The molecule has 3 aromatic rings. The highest BCUT2D eigenvalue weighted by Gasteiger charge is 2.15. The van der Waals surface area contributed by atoms with Crippen molar-refractivity contribution in [3.63, 3.8) is 0 Å². The van der Waals surface area contributed by atoms with Crippen molar-refractivity contribution >= 4 is 22.4 Å². The van der Waals surface area contributed by atoms with Crippen molar-refractivity contribution in [1.29, 1.82) is 0 Å². The van der Waals surface area contributed by atoms with Gasteiger partial charge in [-0.3, -0.25) is 0 Å². The van der Waals surface area contributed by atoms with Gasteiger partial charge in [-0.05, 0) is 48.9 Å². The van der Waals surface area contributed by atoms with Crippen molar-refractivity contribution in [2.45, 2.75) is 25.7 Å². The number of hydrogen-bond acceptors (Lipinski definition) is 2. The molecule has 1 aromatic heterocycles. The lowest BCUT2D eigenvalue weighted by molar-refractivity contribution is 0.687. The Balaban J connectivity index is 2.02. The van der Waals surface area contributed by atoms with Crippen LogP contribution in [0.1, 0.15) is 24.0 Å². The molecule has 0 saturated heterocycles. The fourth-order valence-corrected chi connectivity index (χ4v) is 3.36. The van der Waals surface area contributed by atoms with Gasteiger partial charge in [-0.1, -0.05) is 41.9 Å². The zero-order valence-corrected chi connectivity index (χ0v) is 12.4. The van der Waals surface area contributed by atoms with E-state index in [1.165, 1.54) is 24.0 Å². The second-order valence-corrected chi connectivity index (χ2v) is 5.94. The predicted molar refractivity (Wildman–Crippen MR) is 86.6 cm³/mol. The molecule has 0 saturated carbocycles. The van der Waals surface area contributed by atoms with Crippen LogP contribution in [0.5, 0.6) is 0 Å². The summed E-state index contributed by atoms with van der Waals surface area (Å²) >= 11 is 6.29. The normalized spacial score (nSPS) is 14.1. The predicted octanol–water partition coefficient (Wildman–Crippen LogP) is 4.83. The molecule has 0 N–H and O–H groups in total. The number of fused-ring (bicyclic) bond motifs is 2. The first-order chi connectivity index (χ1) is 10.3. The van der Waals surface area contributed by atoms with E-state index in [4.69, 9.17) is 11.6 Å². The van der Waals surface area contributed by atoms with Crippen LogP contribution < -0.4 is 0 Å². The summed E-state index contributed by atoms with van der Waals surface area (Å²) in [6.07, 6.45) is 4.83. The maximum absolute atomic E-state index is 6.29. The summed E-state index contributed by atoms with van der Waals surface area (Å²) in [4.78, 5) is 0. The van der Waals surface area contributed by atoms with E-state index >= 15 is 0 Å². The van der Waals surface area contributed by atoms with Crippen LogP contribution in [0.3, 0.4) is 0 Å². The van der Waals surface area contributed by atoms with Crippen LogP contribution in [0, 0.1) is 0 Å². The van der Waals surface area contributed by atoms with Gasteiger partial charge in [0, 0.05) is 16.3 Å². The summed E-state index contributed by atoms with van der Waals surface area (Å²) in [6, 6.07) is 14.7. The van der Waals surface area contributed by atoms with Gasteiger partial charge in [0.15, 0.2) is 5.15 Å². The van der Waals surface area contributed by atoms with Crippen LogP contribution in [0.15, 0.2) is 42.5 Å². The molecular weight excluding hydrogens is 280 g/mol. The first kappa shape index (κ1) is 12.8. The molecule has 0 atom stereocenters. The zero-order valence-electron chi connectivity index (χ0n) is 11.6. The van der Waals surface area contributed by atoms with Crippen molar-refractivity contribution in [3.05, 3.63) is 58.7 Å². The van der Waals surface area contributed by atoms with E-state index in [0.717, 1.165) is 34.9 Å². The number of nitrogens with zero attached hydrogens (tertiary/aromatic N) is 2. The van der Waals surface area contributed by atoms with Gasteiger partial charge in [-0.15, -0.1) is 10.2 Å². The molecule has 1 aliphatic carbocycles. The molecular formula is C18H15ClN2. The van der Waals surface area contributed by atoms with Crippen molar-refractivity contribution in [2.24, 2.45) is 0 Å². The van der Waals surface area contributed by atoms with Gasteiger partial charge in [-0.25, -0.2) is 0 Å². The lowest BCUT2D eigenvalue weighted by Gasteiger charge is -2.17. The zero-order chi connectivity index (χ0) is 14.2. The fraction of sp³-hybridized carbons (Fsp3) is 0.222. The molecule has 0 radical (unpaired) electrons. The summed E-state index contributed by atoms with van der Waals surface area (Å²) < 4.78 is 0. The number of rotatable bonds is 1.